The van der Waals surface area contributed by atoms with Crippen LogP contribution >= 0.6 is 0 Å². The number of likely N-dealkylation sites (N-methyl/N-ethyl adjacent to an activating group) is 1. The van der Waals surface area contributed by atoms with Crippen LogP contribution in [-0.4, -0.2) is 103 Å². The van der Waals surface area contributed by atoms with Crippen molar-refractivity contribution in [2.24, 2.45) is 5.92 Å². The highest BCUT2D eigenvalue weighted by atomic mass is 16.5. The highest BCUT2D eigenvalue weighted by Crippen LogP contribution is 2.19. The van der Waals surface area contributed by atoms with Crippen LogP contribution in [0.4, 0.5) is 0 Å². The minimum Gasteiger partial charge on any atom is -0.491 e. The first-order valence-corrected chi connectivity index (χ1v) is 13.9. The normalized spacial score (nSPS) is 26.3. The average Bonchev–Trinajstić information content (AvgIpc) is 3.13. The van der Waals surface area contributed by atoms with Crippen LogP contribution in [0.15, 0.2) is 24.3 Å². The lowest BCUT2D eigenvalue weighted by Crippen LogP contribution is -2.56. The third-order valence-electron chi connectivity index (χ3n) is 7.05. The van der Waals surface area contributed by atoms with Crippen molar-refractivity contribution in [1.82, 2.24) is 31.1 Å². The van der Waals surface area contributed by atoms with Crippen molar-refractivity contribution in [3.8, 4) is 5.75 Å². The van der Waals surface area contributed by atoms with Gasteiger partial charge in [0.1, 0.15) is 30.5 Å². The molecule has 0 saturated carbocycles. The fourth-order valence-electron chi connectivity index (χ4n) is 4.66. The maximum atomic E-state index is 13.6. The van der Waals surface area contributed by atoms with Crippen LogP contribution in [0.25, 0.3) is 0 Å². The first-order chi connectivity index (χ1) is 19.0. The summed E-state index contributed by atoms with van der Waals surface area (Å²) in [5, 5.41) is 10.9. The second kappa shape index (κ2) is 14.1. The number of nitrogens with zero attached hydrogens (tertiary/aromatic N) is 2. The Bertz CT molecular complexity index is 1090. The van der Waals surface area contributed by atoms with Gasteiger partial charge in [-0.1, -0.05) is 26.0 Å². The van der Waals surface area contributed by atoms with Crippen LogP contribution in [0.2, 0.25) is 0 Å². The van der Waals surface area contributed by atoms with Crippen molar-refractivity contribution in [1.29, 1.82) is 0 Å². The largest absolute Gasteiger partial charge is 0.491 e. The molecule has 40 heavy (non-hydrogen) atoms. The van der Waals surface area contributed by atoms with Gasteiger partial charge in [0.25, 0.3) is 5.91 Å². The fraction of sp³-hybridized carbons (Fsp3) is 0.607. The minimum atomic E-state index is -1.15. The number of rotatable bonds is 2. The first kappa shape index (κ1) is 30.9. The summed E-state index contributed by atoms with van der Waals surface area (Å²) in [6.45, 7) is 9.43. The summed E-state index contributed by atoms with van der Waals surface area (Å²) >= 11 is 0. The van der Waals surface area contributed by atoms with Gasteiger partial charge in [0.2, 0.25) is 23.6 Å². The highest BCUT2D eigenvalue weighted by molar-refractivity contribution is 6.01. The fourth-order valence-corrected chi connectivity index (χ4v) is 4.66. The summed E-state index contributed by atoms with van der Waals surface area (Å²) in [4.78, 5) is 69.7. The van der Waals surface area contributed by atoms with Gasteiger partial charge in [0.05, 0.1) is 18.0 Å². The molecular weight excluding hydrogens is 516 g/mol. The van der Waals surface area contributed by atoms with E-state index >= 15 is 0 Å². The SMILES string of the molecule is CC(C)[C@H]1NC(=O)[C@H](C)NC(=O)C[C@@H](C(=O)N2CCCN(C)CC2)NC(=O)c2ccccc2OC[C@H](C)NC1=O. The van der Waals surface area contributed by atoms with E-state index in [9.17, 15) is 24.0 Å². The van der Waals surface area contributed by atoms with Crippen molar-refractivity contribution in [2.75, 3.05) is 39.8 Å². The lowest BCUT2D eigenvalue weighted by Gasteiger charge is -2.27. The van der Waals surface area contributed by atoms with Crippen LogP contribution in [0, 0.1) is 5.92 Å². The average molecular weight is 559 g/mol. The molecular formula is C28H42N6O6. The number of hydrogen-bond donors (Lipinski definition) is 4. The Morgan fingerprint density at radius 1 is 0.925 bits per heavy atom. The first-order valence-electron chi connectivity index (χ1n) is 13.9. The maximum Gasteiger partial charge on any atom is 0.255 e. The number of carbonyl (C=O) groups excluding carboxylic acids is 5. The van der Waals surface area contributed by atoms with Gasteiger partial charge in [0, 0.05) is 19.6 Å². The number of carbonyl (C=O) groups is 5. The van der Waals surface area contributed by atoms with E-state index in [0.717, 1.165) is 13.0 Å². The summed E-state index contributed by atoms with van der Waals surface area (Å²) in [7, 11) is 1.98. The summed E-state index contributed by atoms with van der Waals surface area (Å²) in [5.41, 5.74) is 0.199. The maximum absolute atomic E-state index is 13.6. The predicted molar refractivity (Wildman–Crippen MR) is 148 cm³/mol. The third kappa shape index (κ3) is 8.41. The highest BCUT2D eigenvalue weighted by Gasteiger charge is 2.32. The Morgan fingerprint density at radius 3 is 2.38 bits per heavy atom. The van der Waals surface area contributed by atoms with E-state index < -0.39 is 41.9 Å². The van der Waals surface area contributed by atoms with Crippen LogP contribution in [0.3, 0.4) is 0 Å². The molecule has 5 amide bonds. The van der Waals surface area contributed by atoms with E-state index in [2.05, 4.69) is 26.2 Å². The van der Waals surface area contributed by atoms with Gasteiger partial charge in [0.15, 0.2) is 0 Å². The number of nitrogens with one attached hydrogen (secondary N) is 4. The van der Waals surface area contributed by atoms with Gasteiger partial charge in [-0.3, -0.25) is 24.0 Å². The number of fused-ring (bicyclic) bond motifs is 1. The lowest BCUT2D eigenvalue weighted by molar-refractivity contribution is -0.136. The predicted octanol–water partition coefficient (Wildman–Crippen LogP) is -0.118. The van der Waals surface area contributed by atoms with Crippen molar-refractivity contribution in [2.45, 2.75) is 64.7 Å². The summed E-state index contributed by atoms with van der Waals surface area (Å²) in [6, 6.07) is 3.19. The molecule has 12 nitrogen and oxygen atoms in total. The molecule has 1 aromatic rings. The Labute approximate surface area is 235 Å². The summed E-state index contributed by atoms with van der Waals surface area (Å²) < 4.78 is 5.90. The summed E-state index contributed by atoms with van der Waals surface area (Å²) in [5.74, 6) is -2.39. The molecule has 2 aliphatic rings. The molecule has 0 bridgehead atoms. The Hall–Kier alpha value is -3.67. The van der Waals surface area contributed by atoms with Crippen molar-refractivity contribution in [3.63, 3.8) is 0 Å². The molecule has 4 N–H and O–H groups in total. The number of para-hydroxylation sites is 1. The quantitative estimate of drug-likeness (QED) is 0.396. The standard InChI is InChI=1S/C28H42N6O6/c1-17(2)24-27(38)29-18(3)16-40-22-10-7-6-9-20(22)26(37)31-21(15-23(35)30-19(4)25(36)32-24)28(39)34-12-8-11-33(5)13-14-34/h6-7,9-10,17-19,21,24H,8,11-16H2,1-5H3,(H,29,38)(H,30,35)(H,31,37)(H,32,36)/t18-,19-,21-,24+/m0/s1. The van der Waals surface area contributed by atoms with E-state index in [0.29, 0.717) is 19.6 Å². The van der Waals surface area contributed by atoms with Crippen LogP contribution in [0.5, 0.6) is 5.75 Å². The number of ether oxygens (including phenoxy) is 1. The van der Waals surface area contributed by atoms with Gasteiger partial charge in [-0.25, -0.2) is 0 Å². The van der Waals surface area contributed by atoms with Crippen LogP contribution < -0.4 is 26.0 Å². The molecule has 0 aromatic heterocycles. The Balaban J connectivity index is 1.92. The van der Waals surface area contributed by atoms with E-state index in [-0.39, 0.29) is 42.1 Å². The Kier molecular flexibility index (Phi) is 10.9. The van der Waals surface area contributed by atoms with Crippen molar-refractivity contribution in [3.05, 3.63) is 29.8 Å². The molecule has 12 heteroatoms. The van der Waals surface area contributed by atoms with Gasteiger partial charge in [-0.2, -0.15) is 0 Å². The molecule has 0 aliphatic carbocycles. The minimum absolute atomic E-state index is 0.0644. The zero-order chi connectivity index (χ0) is 29.4. The molecule has 0 spiro atoms. The van der Waals surface area contributed by atoms with Crippen LogP contribution in [0.1, 0.15) is 50.9 Å². The molecule has 4 atom stereocenters. The van der Waals surface area contributed by atoms with Gasteiger partial charge in [-0.15, -0.1) is 0 Å². The second-order valence-corrected chi connectivity index (χ2v) is 10.9. The lowest BCUT2D eigenvalue weighted by atomic mass is 10.0. The van der Waals surface area contributed by atoms with Gasteiger partial charge in [-0.05, 0) is 51.9 Å². The zero-order valence-electron chi connectivity index (χ0n) is 24.0. The monoisotopic (exact) mass is 558 g/mol. The molecule has 1 fully saturated rings. The van der Waals surface area contributed by atoms with Gasteiger partial charge < -0.3 is 35.8 Å². The van der Waals surface area contributed by atoms with E-state index in [1.54, 1.807) is 36.1 Å². The molecule has 0 radical (unpaired) electrons. The van der Waals surface area contributed by atoms with Gasteiger partial charge >= 0.3 is 0 Å². The molecule has 1 aromatic carbocycles. The molecule has 3 rings (SSSR count). The number of benzene rings is 1. The zero-order valence-corrected chi connectivity index (χ0v) is 24.0. The molecule has 0 unspecified atom stereocenters. The molecule has 1 saturated heterocycles. The third-order valence-corrected chi connectivity index (χ3v) is 7.05. The van der Waals surface area contributed by atoms with Crippen LogP contribution in [-0.2, 0) is 19.2 Å². The molecule has 2 aliphatic heterocycles. The Morgan fingerprint density at radius 2 is 1.65 bits per heavy atom. The summed E-state index contributed by atoms with van der Waals surface area (Å²) in [6.07, 6.45) is 0.410. The van der Waals surface area contributed by atoms with E-state index in [4.69, 9.17) is 4.74 Å². The van der Waals surface area contributed by atoms with E-state index in [1.165, 1.54) is 6.92 Å². The second-order valence-electron chi connectivity index (χ2n) is 10.9. The smallest absolute Gasteiger partial charge is 0.255 e. The molecule has 2 heterocycles. The topological polar surface area (TPSA) is 149 Å². The number of hydrogen-bond acceptors (Lipinski definition) is 7. The molecule has 220 valence electrons. The van der Waals surface area contributed by atoms with Crippen molar-refractivity contribution < 1.29 is 28.7 Å². The van der Waals surface area contributed by atoms with Crippen molar-refractivity contribution >= 4 is 29.5 Å². The number of amides is 5. The van der Waals surface area contributed by atoms with E-state index in [1.807, 2.05) is 20.9 Å².